The average Bonchev–Trinajstić information content (AvgIpc) is 2.93. The van der Waals surface area contributed by atoms with Gasteiger partial charge in [0.15, 0.2) is 5.78 Å². The van der Waals surface area contributed by atoms with E-state index in [4.69, 9.17) is 10.8 Å². The highest BCUT2D eigenvalue weighted by molar-refractivity contribution is 5.92. The largest absolute Gasteiger partial charge is 0.481 e. The molecule has 2 atom stereocenters. The first kappa shape index (κ1) is 28.3. The summed E-state index contributed by atoms with van der Waals surface area (Å²) < 4.78 is 0. The summed E-state index contributed by atoms with van der Waals surface area (Å²) in [5.74, 6) is -3.98. The highest BCUT2D eigenvalue weighted by atomic mass is 16.4. The summed E-state index contributed by atoms with van der Waals surface area (Å²) in [4.78, 5) is 47.5. The van der Waals surface area contributed by atoms with Gasteiger partial charge >= 0.3 is 5.97 Å². The summed E-state index contributed by atoms with van der Waals surface area (Å²) in [6.07, 6.45) is -0.287. The minimum absolute atomic E-state index is 0.0984. The number of carbonyl (C=O) groups is 4. The van der Waals surface area contributed by atoms with Gasteiger partial charge < -0.3 is 21.3 Å². The molecule has 3 aromatic rings. The van der Waals surface area contributed by atoms with Gasteiger partial charge in [-0.25, -0.2) is 0 Å². The molecule has 0 aliphatic carbocycles. The molecule has 8 heteroatoms. The zero-order valence-corrected chi connectivity index (χ0v) is 21.0. The van der Waals surface area contributed by atoms with Gasteiger partial charge in [0.25, 0.3) is 0 Å². The fourth-order valence-corrected chi connectivity index (χ4v) is 4.10. The maximum Gasteiger partial charge on any atom is 0.303 e. The Labute approximate surface area is 221 Å². The lowest BCUT2D eigenvalue weighted by atomic mass is 9.95. The molecule has 198 valence electrons. The first-order valence-corrected chi connectivity index (χ1v) is 12.5. The van der Waals surface area contributed by atoms with Gasteiger partial charge in [-0.1, -0.05) is 78.9 Å². The van der Waals surface area contributed by atoms with Gasteiger partial charge in [0, 0.05) is 19.3 Å². The number of aryl methyl sites for hydroxylation is 1. The minimum Gasteiger partial charge on any atom is -0.481 e. The lowest BCUT2D eigenvalue weighted by Gasteiger charge is -2.19. The van der Waals surface area contributed by atoms with Crippen LogP contribution in [0.4, 0.5) is 0 Å². The predicted molar refractivity (Wildman–Crippen MR) is 144 cm³/mol. The monoisotopic (exact) mass is 516 g/mol. The highest BCUT2D eigenvalue weighted by Crippen LogP contribution is 2.25. The first-order chi connectivity index (χ1) is 18.3. The van der Waals surface area contributed by atoms with Crippen LogP contribution in [-0.2, 0) is 25.6 Å². The summed E-state index contributed by atoms with van der Waals surface area (Å²) in [7, 11) is 0. The van der Waals surface area contributed by atoms with Crippen molar-refractivity contribution < 1.29 is 29.4 Å². The molecule has 3 rings (SSSR count). The Balaban J connectivity index is 1.56. The Morgan fingerprint density at radius 3 is 1.79 bits per heavy atom. The van der Waals surface area contributed by atoms with Gasteiger partial charge in [-0.2, -0.15) is 0 Å². The molecule has 0 heterocycles. The van der Waals surface area contributed by atoms with Gasteiger partial charge in [-0.3, -0.25) is 19.2 Å². The van der Waals surface area contributed by atoms with E-state index in [-0.39, 0.29) is 25.7 Å². The van der Waals surface area contributed by atoms with Gasteiger partial charge in [-0.05, 0) is 40.7 Å². The molecule has 3 aromatic carbocycles. The molecule has 0 spiro atoms. The van der Waals surface area contributed by atoms with Crippen molar-refractivity contribution in [1.29, 1.82) is 0 Å². The van der Waals surface area contributed by atoms with E-state index in [1.807, 2.05) is 42.5 Å². The van der Waals surface area contributed by atoms with Crippen LogP contribution in [0, 0.1) is 5.92 Å². The maximum atomic E-state index is 12.6. The number of aliphatic hydroxyl groups is 1. The van der Waals surface area contributed by atoms with Crippen LogP contribution < -0.4 is 11.1 Å². The van der Waals surface area contributed by atoms with Gasteiger partial charge in [0.2, 0.25) is 11.8 Å². The number of nitrogens with one attached hydrogen (secondary N) is 1. The second-order valence-electron chi connectivity index (χ2n) is 9.15. The van der Waals surface area contributed by atoms with Crippen molar-refractivity contribution >= 4 is 23.6 Å². The summed E-state index contributed by atoms with van der Waals surface area (Å²) in [5.41, 5.74) is 10.5. The van der Waals surface area contributed by atoms with Gasteiger partial charge in [0.1, 0.15) is 0 Å². The van der Waals surface area contributed by atoms with Crippen LogP contribution in [0.5, 0.6) is 0 Å². The summed E-state index contributed by atoms with van der Waals surface area (Å²) in [6, 6.07) is 25.2. The van der Waals surface area contributed by atoms with Crippen molar-refractivity contribution in [3.8, 4) is 22.3 Å². The molecule has 2 amide bonds. The van der Waals surface area contributed by atoms with Crippen molar-refractivity contribution in [2.24, 2.45) is 11.7 Å². The number of carbonyl (C=O) groups excluding carboxylic acids is 3. The first-order valence-electron chi connectivity index (χ1n) is 12.5. The molecule has 0 aliphatic heterocycles. The number of carboxylic acids is 1. The smallest absolute Gasteiger partial charge is 0.303 e. The molecule has 38 heavy (non-hydrogen) atoms. The quantitative estimate of drug-likeness (QED) is 0.258. The number of amides is 2. The standard InChI is InChI=1S/C30H32N2O6/c31-30(38)25(19-33)18-27(34)26(15-17-29(36)37)32-28(35)16-8-20-6-9-22(10-7-20)24-13-11-23(12-14-24)21-4-2-1-3-5-21/h1-7,9-14,25-26,33H,8,15-19H2,(H2,31,38)(H,32,35)(H,36,37)/t25?,26-/m0/s1. The molecule has 5 N–H and O–H groups in total. The SMILES string of the molecule is NC(=O)C(CO)CC(=O)[C@H](CCC(=O)O)NC(=O)CCc1ccc(-c2ccc(-c3ccccc3)cc2)cc1. The number of ketones is 1. The third-order valence-corrected chi connectivity index (χ3v) is 6.36. The number of aliphatic carboxylic acids is 1. The second-order valence-corrected chi connectivity index (χ2v) is 9.15. The van der Waals surface area contributed by atoms with Crippen molar-refractivity contribution in [2.75, 3.05) is 6.61 Å². The van der Waals surface area contributed by atoms with Crippen LogP contribution in [-0.4, -0.2) is 46.4 Å². The summed E-state index contributed by atoms with van der Waals surface area (Å²) in [5, 5.41) is 20.8. The van der Waals surface area contributed by atoms with E-state index in [1.54, 1.807) is 0 Å². The second kappa shape index (κ2) is 13.9. The Kier molecular flexibility index (Phi) is 10.3. The van der Waals surface area contributed by atoms with Crippen LogP contribution in [0.1, 0.15) is 31.2 Å². The highest BCUT2D eigenvalue weighted by Gasteiger charge is 2.26. The van der Waals surface area contributed by atoms with E-state index in [0.717, 1.165) is 27.8 Å². The Bertz CT molecular complexity index is 1240. The van der Waals surface area contributed by atoms with Gasteiger partial charge in [-0.15, -0.1) is 0 Å². The Hall–Kier alpha value is -4.30. The molecule has 0 radical (unpaired) electrons. The number of rotatable bonds is 14. The minimum atomic E-state index is -1.11. The van der Waals surface area contributed by atoms with Crippen LogP contribution in [0.25, 0.3) is 22.3 Å². The zero-order valence-electron chi connectivity index (χ0n) is 21.0. The molecule has 0 bridgehead atoms. The maximum absolute atomic E-state index is 12.6. The lowest BCUT2D eigenvalue weighted by Crippen LogP contribution is -2.43. The Morgan fingerprint density at radius 2 is 1.29 bits per heavy atom. The Morgan fingerprint density at radius 1 is 0.763 bits per heavy atom. The van der Waals surface area contributed by atoms with Crippen molar-refractivity contribution in [3.63, 3.8) is 0 Å². The van der Waals surface area contributed by atoms with Crippen LogP contribution in [0.2, 0.25) is 0 Å². The molecular weight excluding hydrogens is 484 g/mol. The fourth-order valence-electron chi connectivity index (χ4n) is 4.10. The van der Waals surface area contributed by atoms with Crippen molar-refractivity contribution in [3.05, 3.63) is 84.4 Å². The van der Waals surface area contributed by atoms with Gasteiger partial charge in [0.05, 0.1) is 18.6 Å². The molecule has 0 aromatic heterocycles. The van der Waals surface area contributed by atoms with E-state index in [1.165, 1.54) is 0 Å². The number of primary amides is 1. The van der Waals surface area contributed by atoms with Crippen molar-refractivity contribution in [2.45, 2.75) is 38.1 Å². The van der Waals surface area contributed by atoms with E-state index in [2.05, 4.69) is 41.7 Å². The van der Waals surface area contributed by atoms with Crippen LogP contribution >= 0.6 is 0 Å². The lowest BCUT2D eigenvalue weighted by molar-refractivity contribution is -0.138. The third-order valence-electron chi connectivity index (χ3n) is 6.36. The molecule has 0 saturated carbocycles. The predicted octanol–water partition coefficient (Wildman–Crippen LogP) is 3.36. The average molecular weight is 517 g/mol. The number of nitrogens with two attached hydrogens (primary N) is 1. The molecule has 0 saturated heterocycles. The van der Waals surface area contributed by atoms with E-state index in [0.29, 0.717) is 6.42 Å². The summed E-state index contributed by atoms with van der Waals surface area (Å²) in [6.45, 7) is -0.603. The molecule has 8 nitrogen and oxygen atoms in total. The van der Waals surface area contributed by atoms with Crippen LogP contribution in [0.15, 0.2) is 78.9 Å². The van der Waals surface area contributed by atoms with E-state index in [9.17, 15) is 24.3 Å². The molecular formula is C30H32N2O6. The third kappa shape index (κ3) is 8.38. The normalized spacial score (nSPS) is 12.3. The van der Waals surface area contributed by atoms with E-state index >= 15 is 0 Å². The van der Waals surface area contributed by atoms with Crippen molar-refractivity contribution in [1.82, 2.24) is 5.32 Å². The number of carboxylic acid groups (broad SMARTS) is 1. The molecule has 0 fully saturated rings. The number of hydrogen-bond donors (Lipinski definition) is 4. The number of benzene rings is 3. The van der Waals surface area contributed by atoms with Crippen LogP contribution in [0.3, 0.4) is 0 Å². The number of aliphatic hydroxyl groups excluding tert-OH is 1. The number of Topliss-reactive ketones (excluding diaryl/α,β-unsaturated/α-hetero) is 1. The zero-order chi connectivity index (χ0) is 27.5. The molecule has 1 unspecified atom stereocenters. The summed E-state index contributed by atoms with van der Waals surface area (Å²) >= 11 is 0. The molecule has 0 aliphatic rings. The number of hydrogen-bond acceptors (Lipinski definition) is 5. The fraction of sp³-hybridized carbons (Fsp3) is 0.267. The van der Waals surface area contributed by atoms with E-state index < -0.39 is 42.1 Å². The topological polar surface area (TPSA) is 147 Å².